The van der Waals surface area contributed by atoms with E-state index in [1.807, 2.05) is 42.7 Å². The molecule has 1 saturated heterocycles. The zero-order chi connectivity index (χ0) is 21.8. The van der Waals surface area contributed by atoms with Gasteiger partial charge in [0.25, 0.3) is 5.91 Å². The minimum Gasteiger partial charge on any atom is -0.376 e. The summed E-state index contributed by atoms with van der Waals surface area (Å²) >= 11 is 0. The summed E-state index contributed by atoms with van der Waals surface area (Å²) in [5.74, 6) is 0.252. The molecular formula is C25H29N3O3. The molecule has 0 aliphatic carbocycles. The number of aromatic nitrogens is 2. The van der Waals surface area contributed by atoms with Crippen molar-refractivity contribution >= 4 is 16.9 Å². The van der Waals surface area contributed by atoms with Crippen LogP contribution in [0.2, 0.25) is 0 Å². The third kappa shape index (κ3) is 4.69. The molecule has 1 fully saturated rings. The topological polar surface area (TPSA) is 64.4 Å². The highest BCUT2D eigenvalue weighted by atomic mass is 16.5. The summed E-state index contributed by atoms with van der Waals surface area (Å²) in [7, 11) is 0. The molecule has 1 amide bonds. The minimum absolute atomic E-state index is 0.182. The zero-order valence-corrected chi connectivity index (χ0v) is 18.2. The Hall–Kier alpha value is -2.99. The van der Waals surface area contributed by atoms with Gasteiger partial charge in [-0.15, -0.1) is 0 Å². The number of benzene rings is 1. The average Bonchev–Trinajstić information content (AvgIpc) is 2.80. The molecule has 0 spiro atoms. The van der Waals surface area contributed by atoms with Crippen LogP contribution in [-0.2, 0) is 17.9 Å². The van der Waals surface area contributed by atoms with Gasteiger partial charge in [0.15, 0.2) is 0 Å². The van der Waals surface area contributed by atoms with Crippen molar-refractivity contribution in [2.24, 2.45) is 5.92 Å². The zero-order valence-electron chi connectivity index (χ0n) is 18.2. The number of nitrogens with zero attached hydrogens (tertiary/aromatic N) is 3. The first-order valence-corrected chi connectivity index (χ1v) is 11.0. The monoisotopic (exact) mass is 419 g/mol. The van der Waals surface area contributed by atoms with Crippen molar-refractivity contribution < 1.29 is 9.53 Å². The number of hydrogen-bond donors (Lipinski definition) is 0. The maximum atomic E-state index is 13.2. The molecule has 4 rings (SSSR count). The Kier molecular flexibility index (Phi) is 6.47. The molecule has 3 heterocycles. The number of pyridine rings is 2. The molecule has 2 aromatic heterocycles. The largest absolute Gasteiger partial charge is 0.376 e. The van der Waals surface area contributed by atoms with Gasteiger partial charge in [-0.05, 0) is 50.3 Å². The molecule has 3 aromatic rings. The van der Waals surface area contributed by atoms with Crippen LogP contribution in [0.4, 0.5) is 0 Å². The van der Waals surface area contributed by atoms with Gasteiger partial charge in [0.2, 0.25) is 5.43 Å². The fraction of sp³-hybridized carbons (Fsp3) is 0.400. The van der Waals surface area contributed by atoms with Crippen molar-refractivity contribution in [3.8, 4) is 0 Å². The van der Waals surface area contributed by atoms with Gasteiger partial charge in [-0.3, -0.25) is 9.59 Å². The first-order valence-electron chi connectivity index (χ1n) is 11.0. The molecule has 162 valence electrons. The summed E-state index contributed by atoms with van der Waals surface area (Å²) in [5, 5.41) is 0.502. The first kappa shape index (κ1) is 21.2. The molecule has 0 bridgehead atoms. The molecule has 6 nitrogen and oxygen atoms in total. The summed E-state index contributed by atoms with van der Waals surface area (Å²) in [5.41, 5.74) is 2.66. The number of aryl methyl sites for hydroxylation is 2. The summed E-state index contributed by atoms with van der Waals surface area (Å²) < 4.78 is 7.77. The molecule has 1 aliphatic rings. The summed E-state index contributed by atoms with van der Waals surface area (Å²) in [4.78, 5) is 32.5. The Bertz CT molecular complexity index is 1120. The average molecular weight is 420 g/mol. The molecule has 1 aliphatic heterocycles. The van der Waals surface area contributed by atoms with Crippen molar-refractivity contribution in [2.45, 2.75) is 39.8 Å². The van der Waals surface area contributed by atoms with Crippen molar-refractivity contribution in [3.05, 3.63) is 75.7 Å². The van der Waals surface area contributed by atoms with E-state index in [0.717, 1.165) is 18.5 Å². The van der Waals surface area contributed by atoms with Gasteiger partial charge in [0.1, 0.15) is 11.2 Å². The van der Waals surface area contributed by atoms with Crippen molar-refractivity contribution in [3.63, 3.8) is 0 Å². The number of likely N-dealkylation sites (tertiary alicyclic amines) is 1. The van der Waals surface area contributed by atoms with Gasteiger partial charge in [-0.2, -0.15) is 0 Å². The maximum absolute atomic E-state index is 13.2. The number of carbonyl (C=O) groups is 1. The van der Waals surface area contributed by atoms with Crippen LogP contribution < -0.4 is 5.43 Å². The van der Waals surface area contributed by atoms with Crippen molar-refractivity contribution in [1.29, 1.82) is 0 Å². The predicted molar refractivity (Wildman–Crippen MR) is 121 cm³/mol. The number of fused-ring (bicyclic) bond motifs is 1. The number of amides is 1. The Morgan fingerprint density at radius 2 is 1.87 bits per heavy atom. The lowest BCUT2D eigenvalue weighted by atomic mass is 9.97. The second kappa shape index (κ2) is 9.43. The number of carbonyl (C=O) groups excluding carboxylic acids is 1. The van der Waals surface area contributed by atoms with E-state index in [-0.39, 0.29) is 16.9 Å². The van der Waals surface area contributed by atoms with Crippen molar-refractivity contribution in [2.75, 3.05) is 19.7 Å². The number of rotatable bonds is 6. The van der Waals surface area contributed by atoms with Crippen LogP contribution in [-0.4, -0.2) is 40.1 Å². The molecule has 6 heteroatoms. The number of ether oxygens (including phenoxy) is 1. The molecule has 0 radical (unpaired) electrons. The highest BCUT2D eigenvalue weighted by Crippen LogP contribution is 2.20. The van der Waals surface area contributed by atoms with Gasteiger partial charge in [0.05, 0.1) is 12.0 Å². The molecular weight excluding hydrogens is 390 g/mol. The SMILES string of the molecule is CCn1cc(C(=O)N2CCC(COCc3ccccc3)CC2)c(=O)c2ccc(C)nc21. The number of piperidine rings is 1. The highest BCUT2D eigenvalue weighted by molar-refractivity contribution is 5.97. The van der Waals surface area contributed by atoms with Crippen LogP contribution >= 0.6 is 0 Å². The second-order valence-electron chi connectivity index (χ2n) is 8.22. The van der Waals surface area contributed by atoms with Crippen LogP contribution in [0.3, 0.4) is 0 Å². The minimum atomic E-state index is -0.231. The Labute approximate surface area is 182 Å². The van der Waals surface area contributed by atoms with E-state index in [4.69, 9.17) is 4.74 Å². The lowest BCUT2D eigenvalue weighted by Gasteiger charge is -2.32. The third-order valence-corrected chi connectivity index (χ3v) is 6.00. The normalized spacial score (nSPS) is 14.8. The molecule has 0 unspecified atom stereocenters. The van der Waals surface area contributed by atoms with Gasteiger partial charge in [0, 0.05) is 38.1 Å². The third-order valence-electron chi connectivity index (χ3n) is 6.00. The summed E-state index contributed by atoms with van der Waals surface area (Å²) in [6, 6.07) is 13.7. The second-order valence-corrected chi connectivity index (χ2v) is 8.22. The van der Waals surface area contributed by atoms with Crippen LogP contribution in [0.25, 0.3) is 11.0 Å². The molecule has 0 N–H and O–H groups in total. The van der Waals surface area contributed by atoms with Gasteiger partial charge in [-0.25, -0.2) is 4.98 Å². The van der Waals surface area contributed by atoms with E-state index >= 15 is 0 Å². The fourth-order valence-electron chi connectivity index (χ4n) is 4.14. The summed E-state index contributed by atoms with van der Waals surface area (Å²) in [6.45, 7) is 7.14. The standard InChI is InChI=1S/C25H29N3O3/c1-3-27-15-22(23(29)21-10-9-18(2)26-24(21)27)25(30)28-13-11-20(12-14-28)17-31-16-19-7-5-4-6-8-19/h4-10,15,20H,3,11-14,16-17H2,1-2H3. The van der Waals surface area contributed by atoms with Crippen LogP contribution in [0.1, 0.15) is 41.4 Å². The molecule has 31 heavy (non-hydrogen) atoms. The van der Waals surface area contributed by atoms with E-state index < -0.39 is 0 Å². The Morgan fingerprint density at radius 1 is 1.13 bits per heavy atom. The van der Waals surface area contributed by atoms with Crippen LogP contribution in [0, 0.1) is 12.8 Å². The van der Waals surface area contributed by atoms with Crippen LogP contribution in [0.5, 0.6) is 0 Å². The van der Waals surface area contributed by atoms with E-state index in [0.29, 0.717) is 49.8 Å². The van der Waals surface area contributed by atoms with Gasteiger partial charge in [-0.1, -0.05) is 30.3 Å². The number of hydrogen-bond acceptors (Lipinski definition) is 4. The smallest absolute Gasteiger partial charge is 0.259 e. The highest BCUT2D eigenvalue weighted by Gasteiger charge is 2.26. The maximum Gasteiger partial charge on any atom is 0.259 e. The van der Waals surface area contributed by atoms with Crippen LogP contribution in [0.15, 0.2) is 53.5 Å². The Balaban J connectivity index is 1.40. The van der Waals surface area contributed by atoms with Gasteiger partial charge >= 0.3 is 0 Å². The van der Waals surface area contributed by atoms with E-state index in [9.17, 15) is 9.59 Å². The molecule has 0 saturated carbocycles. The van der Waals surface area contributed by atoms with E-state index in [1.165, 1.54) is 5.56 Å². The first-order chi connectivity index (χ1) is 15.1. The van der Waals surface area contributed by atoms with E-state index in [1.54, 1.807) is 17.2 Å². The Morgan fingerprint density at radius 3 is 2.58 bits per heavy atom. The lowest BCUT2D eigenvalue weighted by molar-refractivity contribution is 0.0477. The lowest BCUT2D eigenvalue weighted by Crippen LogP contribution is -2.41. The fourth-order valence-corrected chi connectivity index (χ4v) is 4.14. The predicted octanol–water partition coefficient (Wildman–Crippen LogP) is 3.79. The molecule has 0 atom stereocenters. The van der Waals surface area contributed by atoms with Gasteiger partial charge < -0.3 is 14.2 Å². The quantitative estimate of drug-likeness (QED) is 0.610. The van der Waals surface area contributed by atoms with Crippen molar-refractivity contribution in [1.82, 2.24) is 14.5 Å². The van der Waals surface area contributed by atoms with E-state index in [2.05, 4.69) is 17.1 Å². The summed E-state index contributed by atoms with van der Waals surface area (Å²) in [6.07, 6.45) is 3.45. The molecule has 1 aromatic carbocycles.